The van der Waals surface area contributed by atoms with E-state index in [1.165, 1.54) is 0 Å². The van der Waals surface area contributed by atoms with Gasteiger partial charge in [0, 0.05) is 18.8 Å². The Labute approximate surface area is 164 Å². The van der Waals surface area contributed by atoms with Crippen LogP contribution in [0.5, 0.6) is 5.75 Å². The van der Waals surface area contributed by atoms with Crippen LogP contribution >= 0.6 is 12.2 Å². The number of hydrogen-bond donors (Lipinski definition) is 0. The number of fused-ring (bicyclic) bond motifs is 1. The zero-order chi connectivity index (χ0) is 19.0. The molecule has 0 N–H and O–H groups in total. The summed E-state index contributed by atoms with van der Waals surface area (Å²) in [7, 11) is 1.68. The number of nitrogens with zero attached hydrogens (tertiary/aromatic N) is 3. The Balaban J connectivity index is 1.77. The SMILES string of the molecule is COc1ccc(-n2c(=S)n(CN3C[C@@H](C)O[C@H](C)C3)c3ccccc32)cc1. The minimum atomic E-state index is 0.234. The van der Waals surface area contributed by atoms with Gasteiger partial charge in [0.15, 0.2) is 4.77 Å². The van der Waals surface area contributed by atoms with Crippen LogP contribution in [0.25, 0.3) is 16.7 Å². The van der Waals surface area contributed by atoms with Crippen molar-refractivity contribution in [1.29, 1.82) is 0 Å². The van der Waals surface area contributed by atoms with Crippen molar-refractivity contribution < 1.29 is 9.47 Å². The Morgan fingerprint density at radius 2 is 1.63 bits per heavy atom. The van der Waals surface area contributed by atoms with Crippen molar-refractivity contribution in [3.63, 3.8) is 0 Å². The van der Waals surface area contributed by atoms with Gasteiger partial charge < -0.3 is 14.0 Å². The third kappa shape index (κ3) is 3.52. The first-order chi connectivity index (χ1) is 13.1. The number of rotatable bonds is 4. The monoisotopic (exact) mass is 383 g/mol. The second kappa shape index (κ2) is 7.46. The first-order valence-corrected chi connectivity index (χ1v) is 9.70. The van der Waals surface area contributed by atoms with E-state index in [-0.39, 0.29) is 12.2 Å². The molecule has 3 aromatic rings. The lowest BCUT2D eigenvalue weighted by Crippen LogP contribution is -2.45. The fourth-order valence-electron chi connectivity index (χ4n) is 3.93. The van der Waals surface area contributed by atoms with Gasteiger partial charge in [-0.15, -0.1) is 0 Å². The molecule has 2 aromatic carbocycles. The summed E-state index contributed by atoms with van der Waals surface area (Å²) in [4.78, 5) is 2.42. The number of benzene rings is 2. The van der Waals surface area contributed by atoms with Crippen LogP contribution in [0.2, 0.25) is 0 Å². The number of morpholine rings is 1. The molecule has 0 unspecified atom stereocenters. The molecule has 0 aliphatic carbocycles. The average Bonchev–Trinajstić information content (AvgIpc) is 2.93. The first kappa shape index (κ1) is 18.2. The van der Waals surface area contributed by atoms with Gasteiger partial charge in [0.25, 0.3) is 0 Å². The van der Waals surface area contributed by atoms with Crippen LogP contribution in [0, 0.1) is 4.77 Å². The molecule has 2 heterocycles. The normalized spacial score (nSPS) is 20.9. The Hall–Kier alpha value is -2.15. The van der Waals surface area contributed by atoms with Crippen molar-refractivity contribution in [2.24, 2.45) is 0 Å². The van der Waals surface area contributed by atoms with Crippen LogP contribution in [0.4, 0.5) is 0 Å². The molecular formula is C21H25N3O2S. The molecule has 4 rings (SSSR count). The van der Waals surface area contributed by atoms with Gasteiger partial charge in [-0.05, 0) is 62.5 Å². The van der Waals surface area contributed by atoms with Crippen LogP contribution in [0.15, 0.2) is 48.5 Å². The molecule has 1 aliphatic rings. The third-order valence-electron chi connectivity index (χ3n) is 5.00. The molecule has 5 nitrogen and oxygen atoms in total. The number of para-hydroxylation sites is 2. The molecule has 1 fully saturated rings. The number of imidazole rings is 1. The maximum Gasteiger partial charge on any atom is 0.186 e. The fourth-order valence-corrected chi connectivity index (χ4v) is 4.29. The highest BCUT2D eigenvalue weighted by atomic mass is 32.1. The predicted octanol–water partition coefficient (Wildman–Crippen LogP) is 4.24. The molecule has 1 saturated heterocycles. The first-order valence-electron chi connectivity index (χ1n) is 9.29. The lowest BCUT2D eigenvalue weighted by Gasteiger charge is -2.35. The van der Waals surface area contributed by atoms with Crippen molar-refractivity contribution in [2.75, 3.05) is 20.2 Å². The number of methoxy groups -OCH3 is 1. The summed E-state index contributed by atoms with van der Waals surface area (Å²) in [6.45, 7) is 6.84. The molecule has 6 heteroatoms. The molecular weight excluding hydrogens is 358 g/mol. The average molecular weight is 384 g/mol. The predicted molar refractivity (Wildman–Crippen MR) is 110 cm³/mol. The van der Waals surface area contributed by atoms with E-state index in [4.69, 9.17) is 21.7 Å². The summed E-state index contributed by atoms with van der Waals surface area (Å²) in [5, 5.41) is 0. The van der Waals surface area contributed by atoms with Crippen LogP contribution in [0.1, 0.15) is 13.8 Å². The molecule has 0 bridgehead atoms. The highest BCUT2D eigenvalue weighted by Gasteiger charge is 2.23. The van der Waals surface area contributed by atoms with E-state index in [1.807, 2.05) is 24.3 Å². The number of ether oxygens (including phenoxy) is 2. The van der Waals surface area contributed by atoms with Gasteiger partial charge in [-0.3, -0.25) is 9.47 Å². The topological polar surface area (TPSA) is 31.6 Å². The third-order valence-corrected chi connectivity index (χ3v) is 5.41. The zero-order valence-corrected chi connectivity index (χ0v) is 16.8. The van der Waals surface area contributed by atoms with Crippen LogP contribution in [-0.2, 0) is 11.4 Å². The molecule has 142 valence electrons. The van der Waals surface area contributed by atoms with E-state index in [2.05, 4.69) is 52.1 Å². The second-order valence-corrected chi connectivity index (χ2v) is 7.53. The summed E-state index contributed by atoms with van der Waals surface area (Å²) in [5.41, 5.74) is 3.30. The summed E-state index contributed by atoms with van der Waals surface area (Å²) in [5.74, 6) is 0.838. The van der Waals surface area contributed by atoms with E-state index >= 15 is 0 Å². The van der Waals surface area contributed by atoms with Gasteiger partial charge in [-0.1, -0.05) is 12.1 Å². The van der Waals surface area contributed by atoms with E-state index < -0.39 is 0 Å². The van der Waals surface area contributed by atoms with Crippen molar-refractivity contribution in [3.05, 3.63) is 53.3 Å². The minimum absolute atomic E-state index is 0.234. The van der Waals surface area contributed by atoms with Crippen molar-refractivity contribution in [2.45, 2.75) is 32.7 Å². The minimum Gasteiger partial charge on any atom is -0.497 e. The maximum atomic E-state index is 5.90. The van der Waals surface area contributed by atoms with Gasteiger partial charge >= 0.3 is 0 Å². The smallest absolute Gasteiger partial charge is 0.186 e. The molecule has 1 aliphatic heterocycles. The second-order valence-electron chi connectivity index (χ2n) is 7.17. The van der Waals surface area contributed by atoms with Gasteiger partial charge in [-0.25, -0.2) is 0 Å². The van der Waals surface area contributed by atoms with Crippen molar-refractivity contribution >= 4 is 23.3 Å². The standard InChI is InChI=1S/C21H25N3O2S/c1-15-12-22(13-16(2)26-15)14-23-19-6-4-5-7-20(19)24(21(23)27)17-8-10-18(25-3)11-9-17/h4-11,15-16H,12-14H2,1-3H3/t15-,16-/m1/s1. The Kier molecular flexibility index (Phi) is 5.04. The van der Waals surface area contributed by atoms with Crippen LogP contribution in [-0.4, -0.2) is 46.4 Å². The van der Waals surface area contributed by atoms with Crippen LogP contribution in [0.3, 0.4) is 0 Å². The molecule has 27 heavy (non-hydrogen) atoms. The Morgan fingerprint density at radius 1 is 1.00 bits per heavy atom. The van der Waals surface area contributed by atoms with Crippen molar-refractivity contribution in [1.82, 2.24) is 14.0 Å². The lowest BCUT2D eigenvalue weighted by molar-refractivity contribution is -0.0763. The number of hydrogen-bond acceptors (Lipinski definition) is 4. The van der Waals surface area contributed by atoms with Gasteiger partial charge in [0.2, 0.25) is 0 Å². The largest absolute Gasteiger partial charge is 0.497 e. The Bertz CT molecular complexity index is 983. The summed E-state index contributed by atoms with van der Waals surface area (Å²) >= 11 is 5.90. The lowest BCUT2D eigenvalue weighted by atomic mass is 10.2. The van der Waals surface area contributed by atoms with E-state index in [1.54, 1.807) is 7.11 Å². The summed E-state index contributed by atoms with van der Waals surface area (Å²) in [6.07, 6.45) is 0.468. The Morgan fingerprint density at radius 3 is 2.26 bits per heavy atom. The summed E-state index contributed by atoms with van der Waals surface area (Å²) < 4.78 is 16.3. The molecule has 1 aromatic heterocycles. The van der Waals surface area contributed by atoms with Gasteiger partial charge in [0.1, 0.15) is 5.75 Å². The highest BCUT2D eigenvalue weighted by Crippen LogP contribution is 2.25. The fraction of sp³-hybridized carbons (Fsp3) is 0.381. The van der Waals surface area contributed by atoms with Crippen LogP contribution < -0.4 is 4.74 Å². The molecule has 2 atom stereocenters. The van der Waals surface area contributed by atoms with Gasteiger partial charge in [0.05, 0.1) is 37.0 Å². The maximum absolute atomic E-state index is 5.90. The molecule has 0 saturated carbocycles. The number of aromatic nitrogens is 2. The quantitative estimate of drug-likeness (QED) is 0.631. The molecule has 0 spiro atoms. The van der Waals surface area contributed by atoms with E-state index in [9.17, 15) is 0 Å². The molecule has 0 amide bonds. The van der Waals surface area contributed by atoms with E-state index in [0.717, 1.165) is 47.0 Å². The highest BCUT2D eigenvalue weighted by molar-refractivity contribution is 7.71. The van der Waals surface area contributed by atoms with E-state index in [0.29, 0.717) is 0 Å². The van der Waals surface area contributed by atoms with Gasteiger partial charge in [-0.2, -0.15) is 0 Å². The molecule has 0 radical (unpaired) electrons. The zero-order valence-electron chi connectivity index (χ0n) is 16.0. The van der Waals surface area contributed by atoms with Crippen molar-refractivity contribution in [3.8, 4) is 11.4 Å². The summed E-state index contributed by atoms with van der Waals surface area (Å²) in [6, 6.07) is 16.4.